The lowest BCUT2D eigenvalue weighted by Gasteiger charge is -2.06. The van der Waals surface area contributed by atoms with Crippen LogP contribution in [0.1, 0.15) is 0 Å². The predicted octanol–water partition coefficient (Wildman–Crippen LogP) is 1.45. The zero-order chi connectivity index (χ0) is 7.82. The Hall–Kier alpha value is -1.32. The summed E-state index contributed by atoms with van der Waals surface area (Å²) < 4.78 is 14.1. The van der Waals surface area contributed by atoms with Gasteiger partial charge in [0.15, 0.2) is 0 Å². The van der Waals surface area contributed by atoms with Crippen LogP contribution in [0.5, 0.6) is 0 Å². The van der Waals surface area contributed by atoms with Gasteiger partial charge in [0.25, 0.3) is 0 Å². The van der Waals surface area contributed by atoms with E-state index in [-0.39, 0.29) is 0 Å². The Labute approximate surface area is 60.8 Å². The summed E-state index contributed by atoms with van der Waals surface area (Å²) in [4.78, 5) is 0. The number of rotatable bonds is 6. The van der Waals surface area contributed by atoms with Crippen LogP contribution >= 0.6 is 0 Å². The highest BCUT2D eigenvalue weighted by molar-refractivity contribution is 6.37. The molecule has 0 heterocycles. The molecule has 0 aromatic rings. The Morgan fingerprint density at radius 2 is 1.10 bits per heavy atom. The minimum atomic E-state index is -0.826. The zero-order valence-electron chi connectivity index (χ0n) is 5.66. The first-order chi connectivity index (χ1) is 4.85. The summed E-state index contributed by atoms with van der Waals surface area (Å²) in [6.07, 6.45) is 3.62. The van der Waals surface area contributed by atoms with Crippen LogP contribution < -0.4 is 0 Å². The Morgan fingerprint density at radius 1 is 0.800 bits per heavy atom. The van der Waals surface area contributed by atoms with E-state index in [0.29, 0.717) is 0 Å². The molecule has 0 aromatic carbocycles. The molecule has 0 bridgehead atoms. The molecule has 0 saturated heterocycles. The second-order valence-electron chi connectivity index (χ2n) is 1.20. The maximum atomic E-state index is 4.70. The minimum absolute atomic E-state index is 0.826. The average Bonchev–Trinajstić information content (AvgIpc) is 1.90. The highest BCUT2D eigenvalue weighted by Gasteiger charge is 2.23. The van der Waals surface area contributed by atoms with Crippen molar-refractivity contribution in [2.75, 3.05) is 0 Å². The highest BCUT2D eigenvalue weighted by Crippen LogP contribution is 1.92. The molecule has 4 heteroatoms. The summed E-state index contributed by atoms with van der Waals surface area (Å²) in [7, 11) is -0.826. The van der Waals surface area contributed by atoms with Crippen LogP contribution in [0.15, 0.2) is 38.5 Å². The van der Waals surface area contributed by atoms with Gasteiger partial charge in [-0.1, -0.05) is 19.7 Å². The van der Waals surface area contributed by atoms with Crippen molar-refractivity contribution in [2.45, 2.75) is 0 Å². The van der Waals surface area contributed by atoms with Gasteiger partial charge in [-0.3, -0.25) is 0 Å². The molecule has 0 N–H and O–H groups in total. The van der Waals surface area contributed by atoms with Gasteiger partial charge in [-0.05, 0) is 0 Å². The summed E-state index contributed by atoms with van der Waals surface area (Å²) in [6, 6.07) is 0. The van der Waals surface area contributed by atoms with E-state index < -0.39 is 7.32 Å². The highest BCUT2D eigenvalue weighted by atomic mass is 16.7. The molecule has 0 unspecified atom stereocenters. The summed E-state index contributed by atoms with van der Waals surface area (Å²) in [5, 5.41) is 0. The lowest BCUT2D eigenvalue weighted by molar-refractivity contribution is 0.225. The fourth-order valence-electron chi connectivity index (χ4n) is 0.332. The maximum absolute atomic E-state index is 4.70. The van der Waals surface area contributed by atoms with E-state index in [4.69, 9.17) is 14.0 Å². The van der Waals surface area contributed by atoms with Crippen LogP contribution in [0, 0.1) is 0 Å². The summed E-state index contributed by atoms with van der Waals surface area (Å²) in [5.74, 6) is 0. The monoisotopic (exact) mass is 140 g/mol. The summed E-state index contributed by atoms with van der Waals surface area (Å²) >= 11 is 0. The van der Waals surface area contributed by atoms with Gasteiger partial charge in [0, 0.05) is 0 Å². The summed E-state index contributed by atoms with van der Waals surface area (Å²) in [6.45, 7) is 9.94. The second-order valence-corrected chi connectivity index (χ2v) is 1.20. The zero-order valence-corrected chi connectivity index (χ0v) is 5.66. The third-order valence-electron chi connectivity index (χ3n) is 0.622. The standard InChI is InChI=1S/C6H9BO3/c1-4-8-7(9-5-2)10-6-3/h4-6H,1-3H2. The van der Waals surface area contributed by atoms with Crippen molar-refractivity contribution in [3.05, 3.63) is 38.5 Å². The van der Waals surface area contributed by atoms with Gasteiger partial charge in [-0.15, -0.1) is 0 Å². The second kappa shape index (κ2) is 5.82. The average molecular weight is 140 g/mol. The van der Waals surface area contributed by atoms with Gasteiger partial charge >= 0.3 is 7.32 Å². The van der Waals surface area contributed by atoms with Crippen molar-refractivity contribution < 1.29 is 14.0 Å². The van der Waals surface area contributed by atoms with E-state index in [9.17, 15) is 0 Å². The number of hydrogen-bond donors (Lipinski definition) is 0. The van der Waals surface area contributed by atoms with Gasteiger partial charge in [0.1, 0.15) is 0 Å². The molecule has 54 valence electrons. The van der Waals surface area contributed by atoms with Crippen LogP contribution in [0.4, 0.5) is 0 Å². The van der Waals surface area contributed by atoms with Gasteiger partial charge in [-0.2, -0.15) is 0 Å². The van der Waals surface area contributed by atoms with Crippen molar-refractivity contribution in [2.24, 2.45) is 0 Å². The van der Waals surface area contributed by atoms with Gasteiger partial charge in [0.05, 0.1) is 18.8 Å². The van der Waals surface area contributed by atoms with E-state index >= 15 is 0 Å². The molecule has 0 atom stereocenters. The molecule has 0 aliphatic heterocycles. The third kappa shape index (κ3) is 3.66. The van der Waals surface area contributed by atoms with Crippen LogP contribution in [0.25, 0.3) is 0 Å². The molecular weight excluding hydrogens is 131 g/mol. The normalized spacial score (nSPS) is 7.20. The fraction of sp³-hybridized carbons (Fsp3) is 0. The molecule has 0 rings (SSSR count). The van der Waals surface area contributed by atoms with Crippen molar-refractivity contribution in [3.8, 4) is 0 Å². The first-order valence-electron chi connectivity index (χ1n) is 2.64. The Bertz CT molecular complexity index is 100. The molecule has 0 saturated carbocycles. The van der Waals surface area contributed by atoms with Crippen LogP contribution in [-0.2, 0) is 14.0 Å². The molecular formula is C6H9BO3. The van der Waals surface area contributed by atoms with Gasteiger partial charge in [-0.25, -0.2) is 0 Å². The van der Waals surface area contributed by atoms with E-state index in [1.165, 1.54) is 18.8 Å². The fourth-order valence-corrected chi connectivity index (χ4v) is 0.332. The van der Waals surface area contributed by atoms with Gasteiger partial charge < -0.3 is 14.0 Å². The van der Waals surface area contributed by atoms with Crippen LogP contribution in [0.2, 0.25) is 0 Å². The molecule has 0 aromatic heterocycles. The van der Waals surface area contributed by atoms with E-state index in [2.05, 4.69) is 19.7 Å². The van der Waals surface area contributed by atoms with Gasteiger partial charge in [0.2, 0.25) is 0 Å². The molecule has 0 aliphatic carbocycles. The first kappa shape index (κ1) is 8.68. The minimum Gasteiger partial charge on any atom is -0.497 e. The summed E-state index contributed by atoms with van der Waals surface area (Å²) in [5.41, 5.74) is 0. The largest absolute Gasteiger partial charge is 0.862 e. The van der Waals surface area contributed by atoms with E-state index in [0.717, 1.165) is 0 Å². The molecule has 0 amide bonds. The van der Waals surface area contributed by atoms with E-state index in [1.807, 2.05) is 0 Å². The molecule has 0 aliphatic rings. The van der Waals surface area contributed by atoms with Crippen molar-refractivity contribution in [3.63, 3.8) is 0 Å². The Balaban J connectivity index is 3.58. The Morgan fingerprint density at radius 3 is 1.30 bits per heavy atom. The van der Waals surface area contributed by atoms with Crippen molar-refractivity contribution >= 4 is 7.32 Å². The molecule has 0 fully saturated rings. The van der Waals surface area contributed by atoms with Crippen LogP contribution in [0.3, 0.4) is 0 Å². The molecule has 0 spiro atoms. The van der Waals surface area contributed by atoms with E-state index in [1.54, 1.807) is 0 Å². The SMILES string of the molecule is C=COB(OC=C)OC=C. The lowest BCUT2D eigenvalue weighted by Crippen LogP contribution is -2.19. The quantitative estimate of drug-likeness (QED) is 0.412. The molecule has 3 nitrogen and oxygen atoms in total. The first-order valence-corrected chi connectivity index (χ1v) is 2.64. The third-order valence-corrected chi connectivity index (χ3v) is 0.622. The predicted molar refractivity (Wildman–Crippen MR) is 39.6 cm³/mol. The topological polar surface area (TPSA) is 27.7 Å². The van der Waals surface area contributed by atoms with Crippen LogP contribution in [-0.4, -0.2) is 7.32 Å². The maximum Gasteiger partial charge on any atom is 0.862 e. The number of hydrogen-bond acceptors (Lipinski definition) is 3. The lowest BCUT2D eigenvalue weighted by atomic mass is 10.2. The van der Waals surface area contributed by atoms with Crippen molar-refractivity contribution in [1.82, 2.24) is 0 Å². The smallest absolute Gasteiger partial charge is 0.497 e. The molecule has 0 radical (unpaired) electrons. The van der Waals surface area contributed by atoms with Crippen molar-refractivity contribution in [1.29, 1.82) is 0 Å². The molecule has 10 heavy (non-hydrogen) atoms. The Kier molecular flexibility index (Phi) is 5.05.